The number of aliphatic hydroxyl groups is 1. The van der Waals surface area contributed by atoms with Crippen LogP contribution in [0.3, 0.4) is 0 Å². The maximum atomic E-state index is 12.4. The van der Waals surface area contributed by atoms with Gasteiger partial charge in [0.25, 0.3) is 5.91 Å². The first-order valence-electron chi connectivity index (χ1n) is 7.00. The molecule has 106 valence electrons. The predicted octanol–water partition coefficient (Wildman–Crippen LogP) is 1.57. The molecule has 1 saturated carbocycles. The molecular formula is C15H19N3O2. The van der Waals surface area contributed by atoms with Gasteiger partial charge in [0.15, 0.2) is 0 Å². The number of hydrogen-bond acceptors (Lipinski definition) is 3. The number of hydrogen-bond donors (Lipinski definition) is 1. The van der Waals surface area contributed by atoms with Gasteiger partial charge in [-0.3, -0.25) is 4.79 Å². The van der Waals surface area contributed by atoms with Crippen molar-refractivity contribution < 1.29 is 9.90 Å². The standard InChI is InChI=1S/C15H19N3O2/c1-17(9-12-3-2-4-14(12)19)15(20)11-5-6-18-10-16-8-13(18)7-11/h5-8,10,12,14,19H,2-4,9H2,1H3. The number of imidazole rings is 1. The summed E-state index contributed by atoms with van der Waals surface area (Å²) in [6.45, 7) is 0.616. The van der Waals surface area contributed by atoms with Crippen molar-refractivity contribution in [3.63, 3.8) is 0 Å². The molecule has 0 radical (unpaired) electrons. The van der Waals surface area contributed by atoms with E-state index in [1.807, 2.05) is 16.7 Å². The van der Waals surface area contributed by atoms with E-state index < -0.39 is 0 Å². The second kappa shape index (κ2) is 5.25. The minimum absolute atomic E-state index is 0.00667. The Morgan fingerprint density at radius 2 is 2.40 bits per heavy atom. The molecule has 5 heteroatoms. The molecule has 0 bridgehead atoms. The molecule has 2 atom stereocenters. The summed E-state index contributed by atoms with van der Waals surface area (Å²) in [7, 11) is 1.80. The van der Waals surface area contributed by atoms with E-state index in [0.29, 0.717) is 12.1 Å². The lowest BCUT2D eigenvalue weighted by Crippen LogP contribution is -2.34. The second-order valence-electron chi connectivity index (χ2n) is 5.59. The van der Waals surface area contributed by atoms with Crippen molar-refractivity contribution in [2.45, 2.75) is 25.4 Å². The molecule has 1 aliphatic rings. The van der Waals surface area contributed by atoms with Gasteiger partial charge < -0.3 is 14.4 Å². The van der Waals surface area contributed by atoms with E-state index in [2.05, 4.69) is 4.98 Å². The van der Waals surface area contributed by atoms with Crippen LogP contribution in [-0.4, -0.2) is 45.0 Å². The van der Waals surface area contributed by atoms with Gasteiger partial charge in [0, 0.05) is 31.3 Å². The molecule has 3 rings (SSSR count). The molecule has 1 aliphatic carbocycles. The van der Waals surface area contributed by atoms with Crippen molar-refractivity contribution in [3.8, 4) is 0 Å². The number of amides is 1. The molecule has 0 aromatic carbocycles. The number of carbonyl (C=O) groups is 1. The van der Waals surface area contributed by atoms with Gasteiger partial charge in [0.05, 0.1) is 24.1 Å². The predicted molar refractivity (Wildman–Crippen MR) is 75.5 cm³/mol. The SMILES string of the molecule is CN(CC1CCCC1O)C(=O)c1ccn2cncc2c1. The fourth-order valence-electron chi connectivity index (χ4n) is 2.94. The van der Waals surface area contributed by atoms with Gasteiger partial charge in [-0.1, -0.05) is 6.42 Å². The minimum atomic E-state index is -0.262. The Hall–Kier alpha value is -1.88. The Labute approximate surface area is 117 Å². The van der Waals surface area contributed by atoms with Crippen molar-refractivity contribution in [1.82, 2.24) is 14.3 Å². The number of aliphatic hydroxyl groups excluding tert-OH is 1. The lowest BCUT2D eigenvalue weighted by Gasteiger charge is -2.23. The van der Waals surface area contributed by atoms with Gasteiger partial charge >= 0.3 is 0 Å². The number of rotatable bonds is 3. The van der Waals surface area contributed by atoms with Crippen molar-refractivity contribution in [2.75, 3.05) is 13.6 Å². The Balaban J connectivity index is 1.73. The van der Waals surface area contributed by atoms with Crippen LogP contribution in [0.4, 0.5) is 0 Å². The summed E-state index contributed by atoms with van der Waals surface area (Å²) >= 11 is 0. The summed E-state index contributed by atoms with van der Waals surface area (Å²) in [5, 5.41) is 9.85. The quantitative estimate of drug-likeness (QED) is 0.923. The van der Waals surface area contributed by atoms with E-state index in [0.717, 1.165) is 24.8 Å². The van der Waals surface area contributed by atoms with E-state index in [4.69, 9.17) is 0 Å². The number of nitrogens with zero attached hydrogens (tertiary/aromatic N) is 3. The molecule has 1 amide bonds. The van der Waals surface area contributed by atoms with Crippen LogP contribution < -0.4 is 0 Å². The molecule has 1 fully saturated rings. The summed E-state index contributed by atoms with van der Waals surface area (Å²) in [5.74, 6) is 0.204. The maximum absolute atomic E-state index is 12.4. The van der Waals surface area contributed by atoms with Gasteiger partial charge in [-0.15, -0.1) is 0 Å². The highest BCUT2D eigenvalue weighted by Gasteiger charge is 2.27. The number of carbonyl (C=O) groups excluding carboxylic acids is 1. The van der Waals surface area contributed by atoms with Crippen molar-refractivity contribution in [2.24, 2.45) is 5.92 Å². The fraction of sp³-hybridized carbons (Fsp3) is 0.467. The van der Waals surface area contributed by atoms with Crippen LogP contribution in [0.5, 0.6) is 0 Å². The number of fused-ring (bicyclic) bond motifs is 1. The summed E-state index contributed by atoms with van der Waals surface area (Å²) in [4.78, 5) is 18.2. The first kappa shape index (κ1) is 13.1. The van der Waals surface area contributed by atoms with Crippen LogP contribution >= 0.6 is 0 Å². The molecular weight excluding hydrogens is 254 g/mol. The van der Waals surface area contributed by atoms with Crippen LogP contribution in [0.15, 0.2) is 30.9 Å². The fourth-order valence-corrected chi connectivity index (χ4v) is 2.94. The smallest absolute Gasteiger partial charge is 0.253 e. The molecule has 0 aliphatic heterocycles. The van der Waals surface area contributed by atoms with Crippen LogP contribution in [0.1, 0.15) is 29.6 Å². The average Bonchev–Trinajstić information content (AvgIpc) is 3.06. The van der Waals surface area contributed by atoms with Crippen molar-refractivity contribution in [1.29, 1.82) is 0 Å². The zero-order valence-electron chi connectivity index (χ0n) is 11.6. The normalized spacial score (nSPS) is 22.3. The highest BCUT2D eigenvalue weighted by molar-refractivity contribution is 5.95. The average molecular weight is 273 g/mol. The second-order valence-corrected chi connectivity index (χ2v) is 5.59. The molecule has 1 N–H and O–H groups in total. The molecule has 2 heterocycles. The number of aromatic nitrogens is 2. The molecule has 0 saturated heterocycles. The molecule has 5 nitrogen and oxygen atoms in total. The minimum Gasteiger partial charge on any atom is -0.393 e. The molecule has 2 aromatic rings. The lowest BCUT2D eigenvalue weighted by atomic mass is 10.1. The van der Waals surface area contributed by atoms with Gasteiger partial charge in [0.2, 0.25) is 0 Å². The Bertz CT molecular complexity index is 622. The topological polar surface area (TPSA) is 57.8 Å². The van der Waals surface area contributed by atoms with Crippen molar-refractivity contribution in [3.05, 3.63) is 36.4 Å². The van der Waals surface area contributed by atoms with Gasteiger partial charge in [-0.25, -0.2) is 4.98 Å². The largest absolute Gasteiger partial charge is 0.393 e. The van der Waals surface area contributed by atoms with E-state index in [1.165, 1.54) is 0 Å². The first-order chi connectivity index (χ1) is 9.65. The van der Waals surface area contributed by atoms with Crippen LogP contribution in [0.2, 0.25) is 0 Å². The summed E-state index contributed by atoms with van der Waals surface area (Å²) < 4.78 is 1.87. The zero-order valence-corrected chi connectivity index (χ0v) is 11.6. The molecule has 2 unspecified atom stereocenters. The number of pyridine rings is 1. The molecule has 0 spiro atoms. The van der Waals surface area contributed by atoms with E-state index in [-0.39, 0.29) is 17.9 Å². The molecule has 2 aromatic heterocycles. The molecule has 20 heavy (non-hydrogen) atoms. The third-order valence-corrected chi connectivity index (χ3v) is 4.14. The Morgan fingerprint density at radius 1 is 1.55 bits per heavy atom. The van der Waals surface area contributed by atoms with Crippen LogP contribution in [0.25, 0.3) is 5.52 Å². The first-order valence-corrected chi connectivity index (χ1v) is 7.00. The highest BCUT2D eigenvalue weighted by Crippen LogP contribution is 2.26. The van der Waals surface area contributed by atoms with E-state index >= 15 is 0 Å². The zero-order chi connectivity index (χ0) is 14.1. The van der Waals surface area contributed by atoms with Gasteiger partial charge in [-0.05, 0) is 25.0 Å². The lowest BCUT2D eigenvalue weighted by molar-refractivity contribution is 0.0693. The van der Waals surface area contributed by atoms with E-state index in [1.54, 1.807) is 30.5 Å². The Morgan fingerprint density at radius 3 is 3.15 bits per heavy atom. The Kier molecular flexibility index (Phi) is 3.44. The monoisotopic (exact) mass is 273 g/mol. The van der Waals surface area contributed by atoms with Gasteiger partial charge in [0.1, 0.15) is 0 Å². The third kappa shape index (κ3) is 2.41. The maximum Gasteiger partial charge on any atom is 0.253 e. The van der Waals surface area contributed by atoms with Crippen LogP contribution in [0, 0.1) is 5.92 Å². The third-order valence-electron chi connectivity index (χ3n) is 4.14. The van der Waals surface area contributed by atoms with Gasteiger partial charge in [-0.2, -0.15) is 0 Å². The highest BCUT2D eigenvalue weighted by atomic mass is 16.3. The summed E-state index contributed by atoms with van der Waals surface area (Å²) in [6, 6.07) is 3.65. The van der Waals surface area contributed by atoms with Crippen molar-refractivity contribution >= 4 is 11.4 Å². The van der Waals surface area contributed by atoms with E-state index in [9.17, 15) is 9.90 Å². The summed E-state index contributed by atoms with van der Waals surface area (Å²) in [5.41, 5.74) is 1.57. The van der Waals surface area contributed by atoms with Crippen LogP contribution in [-0.2, 0) is 0 Å². The summed E-state index contributed by atoms with van der Waals surface area (Å²) in [6.07, 6.45) is 7.93.